The predicted molar refractivity (Wildman–Crippen MR) is 81.3 cm³/mol. The zero-order chi connectivity index (χ0) is 15.4. The molecular formula is C18H24O3. The number of aromatic hydroxyl groups is 1. The Morgan fingerprint density at radius 3 is 2.62 bits per heavy atom. The molecule has 0 aliphatic heterocycles. The molecule has 3 rings (SSSR count). The largest absolute Gasteiger partial charge is 0.508 e. The molecular weight excluding hydrogens is 264 g/mol. The van der Waals surface area contributed by atoms with Gasteiger partial charge in [0.1, 0.15) is 11.9 Å². The van der Waals surface area contributed by atoms with Gasteiger partial charge in [0, 0.05) is 11.0 Å². The summed E-state index contributed by atoms with van der Waals surface area (Å²) in [5, 5.41) is 9.74. The van der Waals surface area contributed by atoms with Crippen molar-refractivity contribution in [3.63, 3.8) is 0 Å². The van der Waals surface area contributed by atoms with Crippen LogP contribution in [-0.4, -0.2) is 17.2 Å². The van der Waals surface area contributed by atoms with Crippen LogP contribution in [0, 0.1) is 23.7 Å². The Bertz CT molecular complexity index is 590. The molecule has 21 heavy (non-hydrogen) atoms. The average Bonchev–Trinajstić information content (AvgIpc) is 2.75. The number of rotatable bonds is 2. The molecule has 1 N–H and O–H groups in total. The fourth-order valence-electron chi connectivity index (χ4n) is 4.35. The van der Waals surface area contributed by atoms with Gasteiger partial charge in [-0.3, -0.25) is 0 Å². The summed E-state index contributed by atoms with van der Waals surface area (Å²) in [6.45, 7) is 8.61. The molecule has 3 unspecified atom stereocenters. The molecule has 0 heterocycles. The maximum atomic E-state index is 12.5. The van der Waals surface area contributed by atoms with Gasteiger partial charge in [-0.1, -0.05) is 26.8 Å². The first-order chi connectivity index (χ1) is 9.77. The van der Waals surface area contributed by atoms with E-state index in [-0.39, 0.29) is 28.7 Å². The van der Waals surface area contributed by atoms with E-state index in [1.54, 1.807) is 25.1 Å². The molecule has 2 aliphatic rings. The highest BCUT2D eigenvalue weighted by molar-refractivity contribution is 5.91. The van der Waals surface area contributed by atoms with Crippen LogP contribution < -0.4 is 0 Å². The summed E-state index contributed by atoms with van der Waals surface area (Å²) in [7, 11) is 0. The second-order valence-corrected chi connectivity index (χ2v) is 7.45. The maximum absolute atomic E-state index is 12.5. The van der Waals surface area contributed by atoms with Crippen molar-refractivity contribution >= 4 is 5.97 Å². The first-order valence-electron chi connectivity index (χ1n) is 7.77. The van der Waals surface area contributed by atoms with E-state index in [0.717, 1.165) is 12.8 Å². The van der Waals surface area contributed by atoms with Crippen LogP contribution in [0.1, 0.15) is 56.0 Å². The first-order valence-corrected chi connectivity index (χ1v) is 7.77. The van der Waals surface area contributed by atoms with Crippen LogP contribution in [0.2, 0.25) is 0 Å². The van der Waals surface area contributed by atoms with Crippen LogP contribution in [-0.2, 0) is 4.74 Å². The Labute approximate surface area is 126 Å². The van der Waals surface area contributed by atoms with E-state index in [0.29, 0.717) is 17.0 Å². The molecule has 0 amide bonds. The number of hydrogen-bond acceptors (Lipinski definition) is 3. The summed E-state index contributed by atoms with van der Waals surface area (Å²) in [5.41, 5.74) is 1.36. The van der Waals surface area contributed by atoms with E-state index < -0.39 is 0 Å². The summed E-state index contributed by atoms with van der Waals surface area (Å²) in [4.78, 5) is 12.5. The first kappa shape index (κ1) is 14.4. The second kappa shape index (κ2) is 4.49. The van der Waals surface area contributed by atoms with Gasteiger partial charge < -0.3 is 9.84 Å². The smallest absolute Gasteiger partial charge is 0.338 e. The molecule has 1 aromatic rings. The van der Waals surface area contributed by atoms with E-state index in [1.807, 2.05) is 0 Å². The summed E-state index contributed by atoms with van der Waals surface area (Å²) in [6, 6.07) is 5.00. The minimum absolute atomic E-state index is 0.0134. The van der Waals surface area contributed by atoms with Gasteiger partial charge in [-0.05, 0) is 49.7 Å². The van der Waals surface area contributed by atoms with Gasteiger partial charge >= 0.3 is 5.97 Å². The quantitative estimate of drug-likeness (QED) is 0.834. The highest BCUT2D eigenvalue weighted by Crippen LogP contribution is 2.66. The van der Waals surface area contributed by atoms with Crippen LogP contribution in [0.25, 0.3) is 0 Å². The topological polar surface area (TPSA) is 46.5 Å². The number of esters is 1. The molecule has 2 bridgehead atoms. The summed E-state index contributed by atoms with van der Waals surface area (Å²) >= 11 is 0. The Hall–Kier alpha value is -1.51. The van der Waals surface area contributed by atoms with Crippen molar-refractivity contribution in [2.75, 3.05) is 0 Å². The third kappa shape index (κ3) is 1.90. The monoisotopic (exact) mass is 288 g/mol. The van der Waals surface area contributed by atoms with Gasteiger partial charge in [0.25, 0.3) is 0 Å². The van der Waals surface area contributed by atoms with Crippen molar-refractivity contribution in [1.29, 1.82) is 0 Å². The third-order valence-corrected chi connectivity index (χ3v) is 6.49. The highest BCUT2D eigenvalue weighted by atomic mass is 16.5. The van der Waals surface area contributed by atoms with Gasteiger partial charge in [0.05, 0.1) is 5.56 Å². The lowest BCUT2D eigenvalue weighted by Crippen LogP contribution is -2.38. The van der Waals surface area contributed by atoms with Gasteiger partial charge in [0.15, 0.2) is 0 Å². The highest BCUT2D eigenvalue weighted by Gasteiger charge is 2.62. The molecule has 0 aromatic heterocycles. The SMILES string of the molecule is Cc1c(O)cccc1C(=O)OC1CC2CCC1(C)C2(C)C. The molecule has 2 fully saturated rings. The number of carbonyl (C=O) groups is 1. The summed E-state index contributed by atoms with van der Waals surface area (Å²) < 4.78 is 5.86. The van der Waals surface area contributed by atoms with Crippen molar-refractivity contribution in [3.05, 3.63) is 29.3 Å². The number of hydrogen-bond donors (Lipinski definition) is 1. The van der Waals surface area contributed by atoms with Gasteiger partial charge in [0.2, 0.25) is 0 Å². The standard InChI is InChI=1S/C18H24O3/c1-11-13(6-5-7-14(11)19)16(20)21-15-10-12-8-9-18(15,4)17(12,2)3/h5-7,12,15,19H,8-10H2,1-4H3. The van der Waals surface area contributed by atoms with Crippen LogP contribution >= 0.6 is 0 Å². The lowest BCUT2D eigenvalue weighted by molar-refractivity contribution is -0.0243. The average molecular weight is 288 g/mol. The number of carbonyl (C=O) groups excluding carboxylic acids is 1. The molecule has 114 valence electrons. The Morgan fingerprint density at radius 1 is 1.33 bits per heavy atom. The maximum Gasteiger partial charge on any atom is 0.338 e. The van der Waals surface area contributed by atoms with Crippen LogP contribution in [0.3, 0.4) is 0 Å². The van der Waals surface area contributed by atoms with Crippen LogP contribution in [0.5, 0.6) is 5.75 Å². The Kier molecular flexibility index (Phi) is 3.09. The molecule has 3 nitrogen and oxygen atoms in total. The lowest BCUT2D eigenvalue weighted by atomic mass is 9.70. The molecule has 1 aromatic carbocycles. The third-order valence-electron chi connectivity index (χ3n) is 6.49. The molecule has 2 saturated carbocycles. The fourth-order valence-corrected chi connectivity index (χ4v) is 4.35. The summed E-state index contributed by atoms with van der Waals surface area (Å²) in [5.74, 6) is 0.479. The van der Waals surface area contributed by atoms with Crippen molar-refractivity contribution in [2.45, 2.75) is 53.1 Å². The zero-order valence-electron chi connectivity index (χ0n) is 13.3. The fraction of sp³-hybridized carbons (Fsp3) is 0.611. The van der Waals surface area contributed by atoms with E-state index in [1.165, 1.54) is 6.42 Å². The lowest BCUT2D eigenvalue weighted by Gasteiger charge is -2.38. The predicted octanol–water partition coefficient (Wildman–Crippen LogP) is 4.07. The van der Waals surface area contributed by atoms with E-state index in [9.17, 15) is 9.90 Å². The van der Waals surface area contributed by atoms with Crippen LogP contribution in [0.15, 0.2) is 18.2 Å². The zero-order valence-corrected chi connectivity index (χ0v) is 13.3. The van der Waals surface area contributed by atoms with E-state index in [4.69, 9.17) is 4.74 Å². The second-order valence-electron chi connectivity index (χ2n) is 7.45. The van der Waals surface area contributed by atoms with Gasteiger partial charge in [-0.25, -0.2) is 4.79 Å². The normalized spacial score (nSPS) is 33.1. The number of benzene rings is 1. The Balaban J connectivity index is 1.82. The molecule has 2 aliphatic carbocycles. The number of ether oxygens (including phenoxy) is 1. The van der Waals surface area contributed by atoms with Crippen molar-refractivity contribution < 1.29 is 14.6 Å². The minimum atomic E-state index is -0.307. The summed E-state index contributed by atoms with van der Waals surface area (Å²) in [6.07, 6.45) is 3.32. The number of fused-ring (bicyclic) bond motifs is 2. The molecule has 0 saturated heterocycles. The van der Waals surface area contributed by atoms with Crippen molar-refractivity contribution in [1.82, 2.24) is 0 Å². The molecule has 3 atom stereocenters. The van der Waals surface area contributed by atoms with E-state index >= 15 is 0 Å². The van der Waals surface area contributed by atoms with Crippen molar-refractivity contribution in [2.24, 2.45) is 16.7 Å². The van der Waals surface area contributed by atoms with Gasteiger partial charge in [-0.15, -0.1) is 0 Å². The Morgan fingerprint density at radius 2 is 2.05 bits per heavy atom. The van der Waals surface area contributed by atoms with Crippen LogP contribution in [0.4, 0.5) is 0 Å². The van der Waals surface area contributed by atoms with E-state index in [2.05, 4.69) is 20.8 Å². The molecule has 3 heteroatoms. The number of phenols is 1. The molecule has 0 spiro atoms. The molecule has 0 radical (unpaired) electrons. The van der Waals surface area contributed by atoms with Crippen molar-refractivity contribution in [3.8, 4) is 5.75 Å². The minimum Gasteiger partial charge on any atom is -0.508 e. The van der Waals surface area contributed by atoms with Gasteiger partial charge in [-0.2, -0.15) is 0 Å². The number of phenolic OH excluding ortho intramolecular Hbond substituents is 1.